The Morgan fingerprint density at radius 2 is 2.38 bits per heavy atom. The molecule has 0 saturated carbocycles. The summed E-state index contributed by atoms with van der Waals surface area (Å²) in [5.74, 6) is 1.07. The van der Waals surface area contributed by atoms with Gasteiger partial charge in [0, 0.05) is 36.6 Å². The van der Waals surface area contributed by atoms with Crippen LogP contribution in [-0.2, 0) is 9.59 Å². The van der Waals surface area contributed by atoms with Gasteiger partial charge in [-0.1, -0.05) is 0 Å². The maximum absolute atomic E-state index is 11.5. The van der Waals surface area contributed by atoms with Crippen LogP contribution >= 0.6 is 11.8 Å². The normalized spacial score (nSPS) is 22.4. The second-order valence-electron chi connectivity index (χ2n) is 4.00. The quantitative estimate of drug-likeness (QED) is 0.639. The van der Waals surface area contributed by atoms with Gasteiger partial charge in [0.15, 0.2) is 0 Å². The number of hydrogen-bond acceptors (Lipinski definition) is 4. The minimum Gasteiger partial charge on any atom is -0.481 e. The Balaban J connectivity index is 2.21. The summed E-state index contributed by atoms with van der Waals surface area (Å²) < 4.78 is 0. The third-order valence-corrected chi connectivity index (χ3v) is 3.45. The van der Waals surface area contributed by atoms with Gasteiger partial charge in [0.05, 0.1) is 6.42 Å². The van der Waals surface area contributed by atoms with Crippen LogP contribution in [0.3, 0.4) is 0 Å². The number of carbonyl (C=O) groups excluding carboxylic acids is 1. The first-order valence-electron chi connectivity index (χ1n) is 5.40. The number of hydrogen-bond donors (Lipinski definition) is 3. The molecule has 5 nitrogen and oxygen atoms in total. The molecular formula is C10H18N2O3S. The summed E-state index contributed by atoms with van der Waals surface area (Å²) in [5, 5.41) is 14.5. The summed E-state index contributed by atoms with van der Waals surface area (Å²) in [5.41, 5.74) is 0. The first kappa shape index (κ1) is 13.3. The van der Waals surface area contributed by atoms with Gasteiger partial charge in [-0.25, -0.2) is 0 Å². The molecule has 16 heavy (non-hydrogen) atoms. The molecule has 0 aromatic heterocycles. The molecule has 0 bridgehead atoms. The zero-order chi connectivity index (χ0) is 12.0. The van der Waals surface area contributed by atoms with Crippen LogP contribution < -0.4 is 10.6 Å². The van der Waals surface area contributed by atoms with Gasteiger partial charge in [-0.15, -0.1) is 0 Å². The predicted molar refractivity (Wildman–Crippen MR) is 63.6 cm³/mol. The Bertz CT molecular complexity index is 254. The first-order chi connectivity index (χ1) is 7.58. The lowest BCUT2D eigenvalue weighted by Gasteiger charge is -2.23. The van der Waals surface area contributed by atoms with E-state index in [0.29, 0.717) is 6.42 Å². The Morgan fingerprint density at radius 3 is 2.94 bits per heavy atom. The number of nitrogens with one attached hydrogen (secondary N) is 2. The van der Waals surface area contributed by atoms with E-state index in [1.54, 1.807) is 6.92 Å². The van der Waals surface area contributed by atoms with E-state index in [2.05, 4.69) is 10.6 Å². The van der Waals surface area contributed by atoms with Crippen LogP contribution in [-0.4, -0.2) is 47.1 Å². The SMILES string of the molecule is CC(CC(=O)O)NC(=O)CC1CSCCN1. The summed E-state index contributed by atoms with van der Waals surface area (Å²) in [4.78, 5) is 22.0. The van der Waals surface area contributed by atoms with Gasteiger partial charge in [-0.05, 0) is 6.92 Å². The molecular weight excluding hydrogens is 228 g/mol. The molecule has 1 aliphatic rings. The molecule has 0 aliphatic carbocycles. The smallest absolute Gasteiger partial charge is 0.305 e. The fourth-order valence-electron chi connectivity index (χ4n) is 1.62. The molecule has 6 heteroatoms. The first-order valence-corrected chi connectivity index (χ1v) is 6.55. The van der Waals surface area contributed by atoms with Crippen LogP contribution in [0.2, 0.25) is 0 Å². The average Bonchev–Trinajstić information content (AvgIpc) is 2.17. The van der Waals surface area contributed by atoms with E-state index in [1.165, 1.54) is 0 Å². The number of amides is 1. The van der Waals surface area contributed by atoms with E-state index >= 15 is 0 Å². The standard InChI is InChI=1S/C10H18N2O3S/c1-7(4-10(14)15)12-9(13)5-8-6-16-3-2-11-8/h7-8,11H,2-6H2,1H3,(H,12,13)(H,14,15). The molecule has 1 aliphatic heterocycles. The molecule has 3 N–H and O–H groups in total. The monoisotopic (exact) mass is 246 g/mol. The largest absolute Gasteiger partial charge is 0.481 e. The highest BCUT2D eigenvalue weighted by atomic mass is 32.2. The van der Waals surface area contributed by atoms with E-state index in [9.17, 15) is 9.59 Å². The highest BCUT2D eigenvalue weighted by Gasteiger charge is 2.18. The van der Waals surface area contributed by atoms with Crippen molar-refractivity contribution in [3.8, 4) is 0 Å². The van der Waals surface area contributed by atoms with E-state index in [0.717, 1.165) is 18.1 Å². The number of thioether (sulfide) groups is 1. The van der Waals surface area contributed by atoms with Crippen molar-refractivity contribution in [2.45, 2.75) is 31.8 Å². The molecule has 1 heterocycles. The van der Waals surface area contributed by atoms with Gasteiger partial charge in [0.2, 0.25) is 5.91 Å². The molecule has 1 amide bonds. The topological polar surface area (TPSA) is 78.4 Å². The predicted octanol–water partition coefficient (Wildman–Crippen LogP) is 0.0609. The van der Waals surface area contributed by atoms with E-state index in [1.807, 2.05) is 11.8 Å². The van der Waals surface area contributed by atoms with Crippen molar-refractivity contribution in [3.63, 3.8) is 0 Å². The fourth-order valence-corrected chi connectivity index (χ4v) is 2.57. The number of aliphatic carboxylic acids is 1. The van der Waals surface area contributed by atoms with Crippen LogP contribution in [0, 0.1) is 0 Å². The average molecular weight is 246 g/mol. The van der Waals surface area contributed by atoms with Crippen molar-refractivity contribution in [1.29, 1.82) is 0 Å². The summed E-state index contributed by atoms with van der Waals surface area (Å²) in [6.07, 6.45) is 0.398. The van der Waals surface area contributed by atoms with Gasteiger partial charge in [-0.3, -0.25) is 9.59 Å². The summed E-state index contributed by atoms with van der Waals surface area (Å²) in [6.45, 7) is 2.64. The van der Waals surface area contributed by atoms with Crippen LogP contribution in [0.4, 0.5) is 0 Å². The number of rotatable bonds is 5. The Hall–Kier alpha value is -0.750. The molecule has 1 saturated heterocycles. The third kappa shape index (κ3) is 5.37. The van der Waals surface area contributed by atoms with Crippen LogP contribution in [0.1, 0.15) is 19.8 Å². The Morgan fingerprint density at radius 1 is 1.62 bits per heavy atom. The van der Waals surface area contributed by atoms with Gasteiger partial charge < -0.3 is 15.7 Å². The minimum atomic E-state index is -0.890. The molecule has 0 aromatic rings. The second kappa shape index (κ2) is 6.75. The Kier molecular flexibility index (Phi) is 5.62. The molecule has 0 radical (unpaired) electrons. The van der Waals surface area contributed by atoms with Crippen molar-refractivity contribution in [1.82, 2.24) is 10.6 Å². The molecule has 1 rings (SSSR count). The number of carboxylic acids is 1. The zero-order valence-corrected chi connectivity index (χ0v) is 10.2. The molecule has 92 valence electrons. The molecule has 1 fully saturated rings. The van der Waals surface area contributed by atoms with Crippen LogP contribution in [0.25, 0.3) is 0 Å². The highest BCUT2D eigenvalue weighted by molar-refractivity contribution is 7.99. The summed E-state index contributed by atoms with van der Waals surface area (Å²) in [7, 11) is 0. The third-order valence-electron chi connectivity index (χ3n) is 2.32. The van der Waals surface area contributed by atoms with Gasteiger partial charge in [0.25, 0.3) is 0 Å². The van der Waals surface area contributed by atoms with E-state index < -0.39 is 5.97 Å². The molecule has 2 atom stereocenters. The molecule has 0 spiro atoms. The lowest BCUT2D eigenvalue weighted by molar-refractivity contribution is -0.137. The number of carbonyl (C=O) groups is 2. The van der Waals surface area contributed by atoms with Crippen molar-refractivity contribution in [2.75, 3.05) is 18.1 Å². The second-order valence-corrected chi connectivity index (χ2v) is 5.15. The van der Waals surface area contributed by atoms with Crippen molar-refractivity contribution >= 4 is 23.6 Å². The molecule has 2 unspecified atom stereocenters. The zero-order valence-electron chi connectivity index (χ0n) is 9.36. The Labute approximate surface area is 99.4 Å². The van der Waals surface area contributed by atoms with E-state index in [-0.39, 0.29) is 24.4 Å². The van der Waals surface area contributed by atoms with Gasteiger partial charge in [-0.2, -0.15) is 11.8 Å². The highest BCUT2D eigenvalue weighted by Crippen LogP contribution is 2.10. The van der Waals surface area contributed by atoms with Crippen LogP contribution in [0.5, 0.6) is 0 Å². The fraction of sp³-hybridized carbons (Fsp3) is 0.800. The van der Waals surface area contributed by atoms with Crippen LogP contribution in [0.15, 0.2) is 0 Å². The van der Waals surface area contributed by atoms with Crippen molar-refractivity contribution in [3.05, 3.63) is 0 Å². The van der Waals surface area contributed by atoms with E-state index in [4.69, 9.17) is 5.11 Å². The van der Waals surface area contributed by atoms with Crippen molar-refractivity contribution < 1.29 is 14.7 Å². The molecule has 0 aromatic carbocycles. The van der Waals surface area contributed by atoms with Gasteiger partial charge in [0.1, 0.15) is 0 Å². The number of carboxylic acid groups (broad SMARTS) is 1. The minimum absolute atomic E-state index is 0.0292. The maximum atomic E-state index is 11.5. The summed E-state index contributed by atoms with van der Waals surface area (Å²) in [6, 6.07) is -0.0861. The lowest BCUT2D eigenvalue weighted by atomic mass is 10.2. The van der Waals surface area contributed by atoms with Crippen molar-refractivity contribution in [2.24, 2.45) is 0 Å². The lowest BCUT2D eigenvalue weighted by Crippen LogP contribution is -2.43. The maximum Gasteiger partial charge on any atom is 0.305 e. The van der Waals surface area contributed by atoms with Gasteiger partial charge >= 0.3 is 5.97 Å². The summed E-state index contributed by atoms with van der Waals surface area (Å²) >= 11 is 1.84.